The number of nitrogens with zero attached hydrogens (tertiary/aromatic N) is 1. The monoisotopic (exact) mass is 237 g/mol. The molecule has 1 fully saturated rings. The van der Waals surface area contributed by atoms with Crippen LogP contribution >= 0.6 is 0 Å². The van der Waals surface area contributed by atoms with Crippen LogP contribution in [0.4, 0.5) is 0 Å². The SMILES string of the molecule is Cc1ncc(CNC2(CO)CCCC(C)C2)[nH]1. The first kappa shape index (κ1) is 12.6. The Bertz CT molecular complexity index is 363. The summed E-state index contributed by atoms with van der Waals surface area (Å²) in [5.74, 6) is 1.64. The normalized spacial score (nSPS) is 29.5. The predicted octanol–water partition coefficient (Wildman–Crippen LogP) is 1.75. The summed E-state index contributed by atoms with van der Waals surface area (Å²) < 4.78 is 0. The Morgan fingerprint density at radius 1 is 1.65 bits per heavy atom. The van der Waals surface area contributed by atoms with E-state index in [4.69, 9.17) is 0 Å². The van der Waals surface area contributed by atoms with Gasteiger partial charge in [-0.2, -0.15) is 0 Å². The molecule has 1 aromatic heterocycles. The molecule has 2 rings (SSSR count). The zero-order valence-corrected chi connectivity index (χ0v) is 10.8. The first-order valence-corrected chi connectivity index (χ1v) is 6.50. The van der Waals surface area contributed by atoms with Gasteiger partial charge in [-0.3, -0.25) is 0 Å². The van der Waals surface area contributed by atoms with Gasteiger partial charge >= 0.3 is 0 Å². The van der Waals surface area contributed by atoms with Crippen LogP contribution in [0.2, 0.25) is 0 Å². The average molecular weight is 237 g/mol. The summed E-state index contributed by atoms with van der Waals surface area (Å²) in [5, 5.41) is 13.2. The second-order valence-electron chi connectivity index (χ2n) is 5.49. The summed E-state index contributed by atoms with van der Waals surface area (Å²) in [6.45, 7) is 5.21. The molecule has 0 amide bonds. The highest BCUT2D eigenvalue weighted by Gasteiger charge is 2.33. The molecular formula is C13H23N3O. The summed E-state index contributed by atoms with van der Waals surface area (Å²) in [6, 6.07) is 0. The number of H-pyrrole nitrogens is 1. The fourth-order valence-electron chi connectivity index (χ4n) is 2.86. The molecule has 1 aromatic rings. The van der Waals surface area contributed by atoms with Gasteiger partial charge in [0.15, 0.2) is 0 Å². The van der Waals surface area contributed by atoms with Crippen molar-refractivity contribution < 1.29 is 5.11 Å². The molecule has 0 saturated heterocycles. The first-order valence-electron chi connectivity index (χ1n) is 6.50. The molecule has 0 spiro atoms. The lowest BCUT2D eigenvalue weighted by Crippen LogP contribution is -2.51. The number of aromatic amines is 1. The van der Waals surface area contributed by atoms with E-state index in [9.17, 15) is 5.11 Å². The molecule has 1 aliphatic carbocycles. The van der Waals surface area contributed by atoms with Gasteiger partial charge in [-0.1, -0.05) is 19.8 Å². The number of hydrogen-bond acceptors (Lipinski definition) is 3. The van der Waals surface area contributed by atoms with Crippen LogP contribution in [-0.4, -0.2) is 27.2 Å². The molecule has 0 bridgehead atoms. The van der Waals surface area contributed by atoms with Crippen LogP contribution in [-0.2, 0) is 6.54 Å². The molecule has 1 heterocycles. The number of hydrogen-bond donors (Lipinski definition) is 3. The van der Waals surface area contributed by atoms with E-state index in [1.807, 2.05) is 13.1 Å². The second kappa shape index (κ2) is 5.19. The Kier molecular flexibility index (Phi) is 3.84. The van der Waals surface area contributed by atoms with Crippen molar-refractivity contribution in [2.75, 3.05) is 6.61 Å². The molecule has 0 aromatic carbocycles. The van der Waals surface area contributed by atoms with E-state index in [1.54, 1.807) is 0 Å². The standard InChI is InChI=1S/C13H23N3O/c1-10-4-3-5-13(6-10,9-17)15-8-12-7-14-11(2)16-12/h7,10,15,17H,3-6,8-9H2,1-2H3,(H,14,16). The molecular weight excluding hydrogens is 214 g/mol. The number of rotatable bonds is 4. The van der Waals surface area contributed by atoms with Gasteiger partial charge in [-0.15, -0.1) is 0 Å². The van der Waals surface area contributed by atoms with Crippen molar-refractivity contribution in [3.63, 3.8) is 0 Å². The van der Waals surface area contributed by atoms with Crippen molar-refractivity contribution >= 4 is 0 Å². The van der Waals surface area contributed by atoms with Crippen molar-refractivity contribution in [1.29, 1.82) is 0 Å². The summed E-state index contributed by atoms with van der Waals surface area (Å²) >= 11 is 0. The van der Waals surface area contributed by atoms with Crippen LogP contribution in [0.25, 0.3) is 0 Å². The molecule has 0 aliphatic heterocycles. The molecule has 4 nitrogen and oxygen atoms in total. The molecule has 1 aliphatic rings. The molecule has 96 valence electrons. The first-order chi connectivity index (χ1) is 8.13. The fraction of sp³-hybridized carbons (Fsp3) is 0.769. The quantitative estimate of drug-likeness (QED) is 0.747. The minimum absolute atomic E-state index is 0.0866. The lowest BCUT2D eigenvalue weighted by atomic mass is 9.77. The molecule has 17 heavy (non-hydrogen) atoms. The summed E-state index contributed by atoms with van der Waals surface area (Å²) in [4.78, 5) is 7.40. The van der Waals surface area contributed by atoms with Crippen molar-refractivity contribution in [3.05, 3.63) is 17.7 Å². The van der Waals surface area contributed by atoms with E-state index >= 15 is 0 Å². The van der Waals surface area contributed by atoms with Gasteiger partial charge in [0.1, 0.15) is 5.82 Å². The van der Waals surface area contributed by atoms with E-state index in [-0.39, 0.29) is 12.1 Å². The maximum atomic E-state index is 9.65. The highest BCUT2D eigenvalue weighted by Crippen LogP contribution is 2.32. The zero-order valence-electron chi connectivity index (χ0n) is 10.8. The minimum Gasteiger partial charge on any atom is -0.394 e. The van der Waals surface area contributed by atoms with E-state index < -0.39 is 0 Å². The third-order valence-corrected chi connectivity index (χ3v) is 3.80. The Hall–Kier alpha value is -0.870. The number of aryl methyl sites for hydroxylation is 1. The molecule has 3 N–H and O–H groups in total. The Labute approximate surface area is 103 Å². The number of nitrogens with one attached hydrogen (secondary N) is 2. The molecule has 4 heteroatoms. The van der Waals surface area contributed by atoms with Gasteiger partial charge in [-0.05, 0) is 25.7 Å². The topological polar surface area (TPSA) is 60.9 Å². The van der Waals surface area contributed by atoms with Crippen LogP contribution in [0.15, 0.2) is 6.20 Å². The highest BCUT2D eigenvalue weighted by molar-refractivity contribution is 5.02. The van der Waals surface area contributed by atoms with E-state index in [2.05, 4.69) is 22.2 Å². The number of aliphatic hydroxyl groups excluding tert-OH is 1. The van der Waals surface area contributed by atoms with Crippen molar-refractivity contribution in [2.24, 2.45) is 5.92 Å². The van der Waals surface area contributed by atoms with Gasteiger partial charge in [-0.25, -0.2) is 4.98 Å². The van der Waals surface area contributed by atoms with Crippen LogP contribution in [0, 0.1) is 12.8 Å². The smallest absolute Gasteiger partial charge is 0.103 e. The van der Waals surface area contributed by atoms with E-state index in [0.29, 0.717) is 5.92 Å². The van der Waals surface area contributed by atoms with Crippen LogP contribution < -0.4 is 5.32 Å². The zero-order chi connectivity index (χ0) is 12.3. The van der Waals surface area contributed by atoms with Crippen LogP contribution in [0.1, 0.15) is 44.1 Å². The summed E-state index contributed by atoms with van der Waals surface area (Å²) in [5.41, 5.74) is 1.00. The lowest BCUT2D eigenvalue weighted by Gasteiger charge is -2.39. The largest absolute Gasteiger partial charge is 0.394 e. The van der Waals surface area contributed by atoms with Gasteiger partial charge < -0.3 is 15.4 Å². The lowest BCUT2D eigenvalue weighted by molar-refractivity contribution is 0.0979. The van der Waals surface area contributed by atoms with Crippen molar-refractivity contribution in [3.8, 4) is 0 Å². The Balaban J connectivity index is 1.94. The van der Waals surface area contributed by atoms with E-state index in [1.165, 1.54) is 12.8 Å². The second-order valence-corrected chi connectivity index (χ2v) is 5.49. The third-order valence-electron chi connectivity index (χ3n) is 3.80. The molecule has 0 radical (unpaired) electrons. The van der Waals surface area contributed by atoms with Gasteiger partial charge in [0.2, 0.25) is 0 Å². The maximum absolute atomic E-state index is 9.65. The number of imidazole rings is 1. The average Bonchev–Trinajstić information content (AvgIpc) is 2.73. The van der Waals surface area contributed by atoms with E-state index in [0.717, 1.165) is 30.9 Å². The highest BCUT2D eigenvalue weighted by atomic mass is 16.3. The van der Waals surface area contributed by atoms with Crippen LogP contribution in [0.5, 0.6) is 0 Å². The third kappa shape index (κ3) is 3.07. The molecule has 1 saturated carbocycles. The van der Waals surface area contributed by atoms with Crippen LogP contribution in [0.3, 0.4) is 0 Å². The molecule has 2 unspecified atom stereocenters. The maximum Gasteiger partial charge on any atom is 0.103 e. The van der Waals surface area contributed by atoms with Gasteiger partial charge in [0, 0.05) is 24.0 Å². The number of aliphatic hydroxyl groups is 1. The Morgan fingerprint density at radius 2 is 2.47 bits per heavy atom. The van der Waals surface area contributed by atoms with Crippen molar-refractivity contribution in [1.82, 2.24) is 15.3 Å². The minimum atomic E-state index is -0.0866. The van der Waals surface area contributed by atoms with Gasteiger partial charge in [0.05, 0.1) is 6.61 Å². The molecule has 2 atom stereocenters. The summed E-state index contributed by atoms with van der Waals surface area (Å²) in [6.07, 6.45) is 6.49. The fourth-order valence-corrected chi connectivity index (χ4v) is 2.86. The number of aromatic nitrogens is 2. The van der Waals surface area contributed by atoms with Gasteiger partial charge in [0.25, 0.3) is 0 Å². The Morgan fingerprint density at radius 3 is 3.06 bits per heavy atom. The summed E-state index contributed by atoms with van der Waals surface area (Å²) in [7, 11) is 0. The predicted molar refractivity (Wildman–Crippen MR) is 67.6 cm³/mol. The van der Waals surface area contributed by atoms with Crippen molar-refractivity contribution in [2.45, 2.75) is 51.6 Å².